The summed E-state index contributed by atoms with van der Waals surface area (Å²) in [5, 5.41) is 0. The standard InChI is InChI=1S/C15H19BrN2O2/c1-10-9-18(3)11(2)8-14(10)17-20-15(19)12-4-6-13(16)7-5-12/h4-7,11,17H,8-9H2,1-3H3/t11-/m1/s1. The van der Waals surface area contributed by atoms with Crippen LogP contribution in [0, 0.1) is 0 Å². The summed E-state index contributed by atoms with van der Waals surface area (Å²) in [5.74, 6) is -0.371. The summed E-state index contributed by atoms with van der Waals surface area (Å²) in [5.41, 5.74) is 5.56. The van der Waals surface area contributed by atoms with E-state index < -0.39 is 0 Å². The van der Waals surface area contributed by atoms with Crippen molar-refractivity contribution in [2.24, 2.45) is 0 Å². The Bertz CT molecular complexity index is 525. The minimum atomic E-state index is -0.371. The molecule has 2 rings (SSSR count). The molecule has 1 aliphatic heterocycles. The zero-order chi connectivity index (χ0) is 14.7. The van der Waals surface area contributed by atoms with Crippen LogP contribution in [0.5, 0.6) is 0 Å². The Morgan fingerprint density at radius 2 is 2.05 bits per heavy atom. The summed E-state index contributed by atoms with van der Waals surface area (Å²) in [4.78, 5) is 19.4. The van der Waals surface area contributed by atoms with Crippen molar-refractivity contribution in [1.82, 2.24) is 10.4 Å². The largest absolute Gasteiger partial charge is 0.362 e. The van der Waals surface area contributed by atoms with Gasteiger partial charge in [-0.1, -0.05) is 15.9 Å². The van der Waals surface area contributed by atoms with Crippen LogP contribution >= 0.6 is 15.9 Å². The third-order valence-corrected chi connectivity index (χ3v) is 4.13. The van der Waals surface area contributed by atoms with E-state index >= 15 is 0 Å². The molecule has 20 heavy (non-hydrogen) atoms. The van der Waals surface area contributed by atoms with Gasteiger partial charge in [-0.2, -0.15) is 0 Å². The first-order valence-electron chi connectivity index (χ1n) is 6.59. The number of benzene rings is 1. The molecule has 5 heteroatoms. The average molecular weight is 339 g/mol. The summed E-state index contributed by atoms with van der Waals surface area (Å²) in [7, 11) is 2.10. The summed E-state index contributed by atoms with van der Waals surface area (Å²) < 4.78 is 0.935. The molecule has 0 aliphatic carbocycles. The Balaban J connectivity index is 1.96. The van der Waals surface area contributed by atoms with Crippen molar-refractivity contribution >= 4 is 21.9 Å². The molecule has 0 saturated heterocycles. The van der Waals surface area contributed by atoms with E-state index in [4.69, 9.17) is 4.84 Å². The van der Waals surface area contributed by atoms with E-state index in [0.29, 0.717) is 11.6 Å². The van der Waals surface area contributed by atoms with E-state index in [2.05, 4.69) is 47.2 Å². The first kappa shape index (κ1) is 15.1. The van der Waals surface area contributed by atoms with E-state index in [1.807, 2.05) is 12.1 Å². The lowest BCUT2D eigenvalue weighted by Crippen LogP contribution is -2.38. The lowest BCUT2D eigenvalue weighted by atomic mass is 10.0. The van der Waals surface area contributed by atoms with E-state index in [0.717, 1.165) is 23.1 Å². The Morgan fingerprint density at radius 1 is 1.40 bits per heavy atom. The predicted octanol–water partition coefficient (Wildman–Crippen LogP) is 3.11. The molecule has 108 valence electrons. The second-order valence-corrected chi connectivity index (χ2v) is 6.14. The van der Waals surface area contributed by atoms with Crippen LogP contribution in [0.4, 0.5) is 0 Å². The lowest BCUT2D eigenvalue weighted by Gasteiger charge is -2.32. The topological polar surface area (TPSA) is 41.6 Å². The molecule has 0 radical (unpaired) electrons. The minimum Gasteiger partial charge on any atom is -0.338 e. The highest BCUT2D eigenvalue weighted by molar-refractivity contribution is 9.10. The molecule has 1 N–H and O–H groups in total. The maximum atomic E-state index is 11.9. The van der Waals surface area contributed by atoms with Crippen LogP contribution in [0.25, 0.3) is 0 Å². The molecule has 0 fully saturated rings. The van der Waals surface area contributed by atoms with Gasteiger partial charge in [0, 0.05) is 23.5 Å². The molecule has 0 amide bonds. The number of rotatable bonds is 3. The van der Waals surface area contributed by atoms with Crippen molar-refractivity contribution in [2.45, 2.75) is 26.3 Å². The second-order valence-electron chi connectivity index (χ2n) is 5.23. The van der Waals surface area contributed by atoms with Gasteiger partial charge in [0.15, 0.2) is 0 Å². The predicted molar refractivity (Wildman–Crippen MR) is 82.1 cm³/mol. The van der Waals surface area contributed by atoms with Gasteiger partial charge in [-0.25, -0.2) is 10.3 Å². The first-order chi connectivity index (χ1) is 9.47. The van der Waals surface area contributed by atoms with Gasteiger partial charge in [0.25, 0.3) is 0 Å². The average Bonchev–Trinajstić information content (AvgIpc) is 2.42. The van der Waals surface area contributed by atoms with Crippen molar-refractivity contribution in [3.8, 4) is 0 Å². The van der Waals surface area contributed by atoms with Gasteiger partial charge in [0.05, 0.1) is 11.3 Å². The molecule has 1 aromatic rings. The molecule has 0 spiro atoms. The zero-order valence-corrected chi connectivity index (χ0v) is 13.5. The number of likely N-dealkylation sites (N-methyl/N-ethyl adjacent to an activating group) is 1. The molecular formula is C15H19BrN2O2. The number of carbonyl (C=O) groups excluding carboxylic acids is 1. The maximum Gasteiger partial charge on any atom is 0.362 e. The molecule has 1 aliphatic rings. The number of carbonyl (C=O) groups is 1. The fourth-order valence-corrected chi connectivity index (χ4v) is 2.40. The number of hydrogen-bond acceptors (Lipinski definition) is 4. The summed E-state index contributed by atoms with van der Waals surface area (Å²) in [6, 6.07) is 7.53. The van der Waals surface area contributed by atoms with Crippen LogP contribution in [0.1, 0.15) is 30.6 Å². The molecular weight excluding hydrogens is 320 g/mol. The van der Waals surface area contributed by atoms with Gasteiger partial charge in [-0.15, -0.1) is 0 Å². The van der Waals surface area contributed by atoms with Crippen molar-refractivity contribution in [3.63, 3.8) is 0 Å². The number of halogens is 1. The Morgan fingerprint density at radius 3 is 2.70 bits per heavy atom. The minimum absolute atomic E-state index is 0.371. The Kier molecular flexibility index (Phi) is 4.83. The smallest absolute Gasteiger partial charge is 0.338 e. The molecule has 4 nitrogen and oxygen atoms in total. The fourth-order valence-electron chi connectivity index (χ4n) is 2.13. The van der Waals surface area contributed by atoms with E-state index in [9.17, 15) is 4.79 Å². The summed E-state index contributed by atoms with van der Waals surface area (Å²) >= 11 is 3.34. The monoisotopic (exact) mass is 338 g/mol. The van der Waals surface area contributed by atoms with Crippen LogP contribution in [0.2, 0.25) is 0 Å². The van der Waals surface area contributed by atoms with Crippen molar-refractivity contribution < 1.29 is 9.63 Å². The van der Waals surface area contributed by atoms with Crippen molar-refractivity contribution in [2.75, 3.05) is 13.6 Å². The summed E-state index contributed by atoms with van der Waals surface area (Å²) in [6.07, 6.45) is 0.857. The number of nitrogens with zero attached hydrogens (tertiary/aromatic N) is 1. The van der Waals surface area contributed by atoms with Crippen LogP contribution in [-0.2, 0) is 4.84 Å². The maximum absolute atomic E-state index is 11.9. The number of nitrogens with one attached hydrogen (secondary N) is 1. The summed E-state index contributed by atoms with van der Waals surface area (Å²) in [6.45, 7) is 5.10. The van der Waals surface area contributed by atoms with Gasteiger partial charge < -0.3 is 4.84 Å². The molecule has 0 saturated carbocycles. The second kappa shape index (κ2) is 6.41. The molecule has 0 bridgehead atoms. The third kappa shape index (κ3) is 3.61. The van der Waals surface area contributed by atoms with Gasteiger partial charge >= 0.3 is 5.97 Å². The molecule has 0 aromatic heterocycles. The van der Waals surface area contributed by atoms with Crippen molar-refractivity contribution in [3.05, 3.63) is 45.6 Å². The molecule has 1 atom stereocenters. The van der Waals surface area contributed by atoms with Crippen molar-refractivity contribution in [1.29, 1.82) is 0 Å². The lowest BCUT2D eigenvalue weighted by molar-refractivity contribution is 0.0299. The van der Waals surface area contributed by atoms with Gasteiger partial charge in [0.2, 0.25) is 0 Å². The van der Waals surface area contributed by atoms with Gasteiger partial charge in [-0.05, 0) is 50.7 Å². The van der Waals surface area contributed by atoms with Gasteiger partial charge in [0.1, 0.15) is 0 Å². The Labute approximate surface area is 127 Å². The van der Waals surface area contributed by atoms with E-state index in [1.165, 1.54) is 5.57 Å². The number of hydrogen-bond donors (Lipinski definition) is 1. The van der Waals surface area contributed by atoms with E-state index in [-0.39, 0.29) is 5.97 Å². The molecule has 1 aromatic carbocycles. The number of hydroxylamine groups is 1. The highest BCUT2D eigenvalue weighted by Gasteiger charge is 2.21. The molecule has 0 unspecified atom stereocenters. The van der Waals surface area contributed by atoms with Crippen LogP contribution in [0.3, 0.4) is 0 Å². The highest BCUT2D eigenvalue weighted by atomic mass is 79.9. The van der Waals surface area contributed by atoms with E-state index in [1.54, 1.807) is 12.1 Å². The van der Waals surface area contributed by atoms with Crippen LogP contribution < -0.4 is 5.48 Å². The highest BCUT2D eigenvalue weighted by Crippen LogP contribution is 2.19. The third-order valence-electron chi connectivity index (χ3n) is 3.60. The Hall–Kier alpha value is -1.33. The fraction of sp³-hybridized carbons (Fsp3) is 0.400. The van der Waals surface area contributed by atoms with Gasteiger partial charge in [-0.3, -0.25) is 4.90 Å². The van der Waals surface area contributed by atoms with Crippen LogP contribution in [-0.4, -0.2) is 30.5 Å². The zero-order valence-electron chi connectivity index (χ0n) is 11.9. The normalized spacial score (nSPS) is 19.9. The first-order valence-corrected chi connectivity index (χ1v) is 7.38. The van der Waals surface area contributed by atoms with Crippen LogP contribution in [0.15, 0.2) is 40.0 Å². The quantitative estimate of drug-likeness (QED) is 0.860. The molecule has 1 heterocycles. The SMILES string of the molecule is CC1=C(NOC(=O)c2ccc(Br)cc2)C[C@@H](C)N(C)C1.